The van der Waals surface area contributed by atoms with Crippen molar-refractivity contribution in [3.63, 3.8) is 0 Å². The van der Waals surface area contributed by atoms with Gasteiger partial charge in [-0.05, 0) is 19.3 Å². The van der Waals surface area contributed by atoms with Crippen LogP contribution in [-0.2, 0) is 4.79 Å². The predicted octanol–water partition coefficient (Wildman–Crippen LogP) is 1.54. The molecule has 16 heavy (non-hydrogen) atoms. The maximum atomic E-state index is 11.7. The van der Waals surface area contributed by atoms with Gasteiger partial charge in [0.1, 0.15) is 6.04 Å². The molecule has 0 aromatic heterocycles. The molecule has 0 unspecified atom stereocenters. The maximum absolute atomic E-state index is 11.7. The van der Waals surface area contributed by atoms with Gasteiger partial charge in [-0.15, -0.1) is 0 Å². The van der Waals surface area contributed by atoms with E-state index in [2.05, 4.69) is 5.32 Å². The average Bonchev–Trinajstić information content (AvgIpc) is 2.09. The minimum absolute atomic E-state index is 0.0365. The summed E-state index contributed by atoms with van der Waals surface area (Å²) in [7, 11) is 1.64. The number of hydrogen-bond donors (Lipinski definition) is 2. The van der Waals surface area contributed by atoms with Crippen LogP contribution in [0.1, 0.15) is 34.6 Å². The fourth-order valence-corrected chi connectivity index (χ4v) is 1.11. The van der Waals surface area contributed by atoms with Crippen molar-refractivity contribution < 1.29 is 14.7 Å². The lowest BCUT2D eigenvalue weighted by Crippen LogP contribution is -2.53. The summed E-state index contributed by atoms with van der Waals surface area (Å²) in [6, 6.07) is -1.21. The van der Waals surface area contributed by atoms with Crippen LogP contribution < -0.4 is 5.32 Å². The van der Waals surface area contributed by atoms with E-state index in [4.69, 9.17) is 5.11 Å². The third-order valence-corrected chi connectivity index (χ3v) is 2.48. The Morgan fingerprint density at radius 2 is 1.69 bits per heavy atom. The van der Waals surface area contributed by atoms with Crippen LogP contribution in [0.2, 0.25) is 0 Å². The van der Waals surface area contributed by atoms with Gasteiger partial charge in [-0.25, -0.2) is 9.59 Å². The van der Waals surface area contributed by atoms with E-state index in [1.807, 2.05) is 13.8 Å². The summed E-state index contributed by atoms with van der Waals surface area (Å²) in [4.78, 5) is 24.2. The molecule has 0 bridgehead atoms. The summed E-state index contributed by atoms with van der Waals surface area (Å²) >= 11 is 0. The SMILES string of the molecule is CC(C)N(C)C(=O)N[C@H](C(=O)O)C(C)(C)C. The van der Waals surface area contributed by atoms with Crippen LogP contribution in [0.25, 0.3) is 0 Å². The highest BCUT2D eigenvalue weighted by Gasteiger charge is 2.33. The summed E-state index contributed by atoms with van der Waals surface area (Å²) < 4.78 is 0. The first-order valence-electron chi connectivity index (χ1n) is 5.33. The van der Waals surface area contributed by atoms with Crippen molar-refractivity contribution in [2.24, 2.45) is 5.41 Å². The Kier molecular flexibility index (Phi) is 4.78. The number of nitrogens with zero attached hydrogens (tertiary/aromatic N) is 1. The Balaban J connectivity index is 4.67. The summed E-state index contributed by atoms with van der Waals surface area (Å²) in [5.74, 6) is -1.02. The van der Waals surface area contributed by atoms with Crippen LogP contribution in [-0.4, -0.2) is 41.1 Å². The van der Waals surface area contributed by atoms with E-state index in [-0.39, 0.29) is 12.1 Å². The number of rotatable bonds is 3. The zero-order valence-electron chi connectivity index (χ0n) is 10.9. The highest BCUT2D eigenvalue weighted by Crippen LogP contribution is 2.19. The van der Waals surface area contributed by atoms with Gasteiger partial charge in [-0.1, -0.05) is 20.8 Å². The van der Waals surface area contributed by atoms with E-state index >= 15 is 0 Å². The fourth-order valence-electron chi connectivity index (χ4n) is 1.11. The number of carboxylic acid groups (broad SMARTS) is 1. The molecule has 2 amide bonds. The predicted molar refractivity (Wildman–Crippen MR) is 62.3 cm³/mol. The second kappa shape index (κ2) is 5.18. The minimum atomic E-state index is -1.02. The van der Waals surface area contributed by atoms with Crippen molar-refractivity contribution >= 4 is 12.0 Å². The number of urea groups is 1. The van der Waals surface area contributed by atoms with Gasteiger partial charge < -0.3 is 15.3 Å². The van der Waals surface area contributed by atoms with Crippen LogP contribution in [0.5, 0.6) is 0 Å². The number of nitrogens with one attached hydrogen (secondary N) is 1. The molecule has 0 aliphatic rings. The largest absolute Gasteiger partial charge is 0.480 e. The van der Waals surface area contributed by atoms with E-state index < -0.39 is 17.4 Å². The molecule has 0 saturated heterocycles. The lowest BCUT2D eigenvalue weighted by Gasteiger charge is -2.31. The third kappa shape index (κ3) is 4.08. The quantitative estimate of drug-likeness (QED) is 0.772. The Bertz CT molecular complexity index is 269. The first kappa shape index (κ1) is 14.7. The molecule has 0 fully saturated rings. The van der Waals surface area contributed by atoms with Crippen LogP contribution in [0.4, 0.5) is 4.79 Å². The lowest BCUT2D eigenvalue weighted by atomic mass is 9.87. The molecule has 5 heteroatoms. The van der Waals surface area contributed by atoms with Gasteiger partial charge in [0.05, 0.1) is 0 Å². The molecule has 5 nitrogen and oxygen atoms in total. The van der Waals surface area contributed by atoms with E-state index in [1.165, 1.54) is 4.90 Å². The third-order valence-electron chi connectivity index (χ3n) is 2.48. The highest BCUT2D eigenvalue weighted by atomic mass is 16.4. The van der Waals surface area contributed by atoms with Gasteiger partial charge in [0.15, 0.2) is 0 Å². The van der Waals surface area contributed by atoms with Crippen molar-refractivity contribution in [3.8, 4) is 0 Å². The Labute approximate surface area is 96.8 Å². The molecular formula is C11H22N2O3. The minimum Gasteiger partial charge on any atom is -0.480 e. The zero-order chi connectivity index (χ0) is 13.1. The van der Waals surface area contributed by atoms with Crippen molar-refractivity contribution in [2.75, 3.05) is 7.05 Å². The maximum Gasteiger partial charge on any atom is 0.326 e. The Hall–Kier alpha value is -1.26. The average molecular weight is 230 g/mol. The van der Waals surface area contributed by atoms with Crippen LogP contribution in [0, 0.1) is 5.41 Å². The standard InChI is InChI=1S/C11H22N2O3/c1-7(2)13(6)10(16)12-8(9(14)15)11(3,4)5/h7-8H,1-6H3,(H,12,16)(H,14,15)/t8-/m1/s1. The van der Waals surface area contributed by atoms with E-state index in [1.54, 1.807) is 27.8 Å². The van der Waals surface area contributed by atoms with Crippen molar-refractivity contribution in [3.05, 3.63) is 0 Å². The zero-order valence-corrected chi connectivity index (χ0v) is 10.9. The van der Waals surface area contributed by atoms with E-state index in [9.17, 15) is 9.59 Å². The van der Waals surface area contributed by atoms with Gasteiger partial charge in [0.25, 0.3) is 0 Å². The molecule has 0 radical (unpaired) electrons. The van der Waals surface area contributed by atoms with Crippen molar-refractivity contribution in [1.29, 1.82) is 0 Å². The molecule has 1 atom stereocenters. The smallest absolute Gasteiger partial charge is 0.326 e. The topological polar surface area (TPSA) is 69.6 Å². The second-order valence-electron chi connectivity index (χ2n) is 5.29. The molecule has 0 saturated carbocycles. The summed E-state index contributed by atoms with van der Waals surface area (Å²) in [6.45, 7) is 9.07. The lowest BCUT2D eigenvalue weighted by molar-refractivity contribution is -0.142. The number of hydrogen-bond acceptors (Lipinski definition) is 2. The van der Waals surface area contributed by atoms with Gasteiger partial charge in [0.2, 0.25) is 0 Å². The molecule has 94 valence electrons. The van der Waals surface area contributed by atoms with E-state index in [0.29, 0.717) is 0 Å². The second-order valence-corrected chi connectivity index (χ2v) is 5.29. The Morgan fingerprint density at radius 1 is 1.25 bits per heavy atom. The van der Waals surface area contributed by atoms with Gasteiger partial charge >= 0.3 is 12.0 Å². The molecule has 0 aromatic carbocycles. The fraction of sp³-hybridized carbons (Fsp3) is 0.818. The number of carbonyl (C=O) groups excluding carboxylic acids is 1. The molecular weight excluding hydrogens is 208 g/mol. The van der Waals surface area contributed by atoms with Crippen molar-refractivity contribution in [2.45, 2.75) is 46.7 Å². The molecule has 0 aromatic rings. The molecule has 0 heterocycles. The summed E-state index contributed by atoms with van der Waals surface area (Å²) in [5.41, 5.74) is -0.515. The summed E-state index contributed by atoms with van der Waals surface area (Å²) in [6.07, 6.45) is 0. The van der Waals surface area contributed by atoms with Gasteiger partial charge in [-0.2, -0.15) is 0 Å². The van der Waals surface area contributed by atoms with Gasteiger partial charge in [-0.3, -0.25) is 0 Å². The van der Waals surface area contributed by atoms with E-state index in [0.717, 1.165) is 0 Å². The van der Waals surface area contributed by atoms with Crippen molar-refractivity contribution in [1.82, 2.24) is 10.2 Å². The number of aliphatic carboxylic acids is 1. The van der Waals surface area contributed by atoms with Crippen LogP contribution in [0.3, 0.4) is 0 Å². The number of amides is 2. The molecule has 0 aliphatic carbocycles. The highest BCUT2D eigenvalue weighted by molar-refractivity contribution is 5.83. The Morgan fingerprint density at radius 3 is 1.94 bits per heavy atom. The molecule has 0 spiro atoms. The molecule has 0 rings (SSSR count). The number of carboxylic acids is 1. The van der Waals surface area contributed by atoms with Crippen LogP contribution >= 0.6 is 0 Å². The summed E-state index contributed by atoms with van der Waals surface area (Å²) in [5, 5.41) is 11.6. The monoisotopic (exact) mass is 230 g/mol. The normalized spacial score (nSPS) is 13.4. The van der Waals surface area contributed by atoms with Gasteiger partial charge in [0, 0.05) is 13.1 Å². The first-order valence-corrected chi connectivity index (χ1v) is 5.33. The molecule has 0 aliphatic heterocycles. The van der Waals surface area contributed by atoms with Crippen LogP contribution in [0.15, 0.2) is 0 Å². The molecule has 2 N–H and O–H groups in total. The number of carbonyl (C=O) groups is 2. The first-order chi connectivity index (χ1) is 7.07.